The molecule has 0 unspecified atom stereocenters. The number of aromatic nitrogens is 3. The lowest BCUT2D eigenvalue weighted by atomic mass is 9.86. The number of para-hydroxylation sites is 1. The molecule has 5 nitrogen and oxygen atoms in total. The molecule has 23 heavy (non-hydrogen) atoms. The first kappa shape index (κ1) is 14.4. The van der Waals surface area contributed by atoms with Crippen LogP contribution in [0.3, 0.4) is 0 Å². The Morgan fingerprint density at radius 1 is 1.30 bits per heavy atom. The van der Waals surface area contributed by atoms with Crippen LogP contribution >= 0.6 is 0 Å². The fraction of sp³-hybridized carbons (Fsp3) is 0.500. The van der Waals surface area contributed by atoms with Crippen molar-refractivity contribution in [1.29, 1.82) is 0 Å². The van der Waals surface area contributed by atoms with E-state index in [1.807, 2.05) is 35.9 Å². The van der Waals surface area contributed by atoms with Gasteiger partial charge in [0.15, 0.2) is 5.82 Å². The van der Waals surface area contributed by atoms with E-state index in [0.717, 1.165) is 28.9 Å². The molecule has 2 aliphatic carbocycles. The van der Waals surface area contributed by atoms with Crippen LogP contribution in [0, 0.1) is 17.8 Å². The van der Waals surface area contributed by atoms with Crippen molar-refractivity contribution >= 4 is 11.6 Å². The predicted molar refractivity (Wildman–Crippen MR) is 88.6 cm³/mol. The molecule has 1 aromatic heterocycles. The molecule has 2 bridgehead atoms. The first-order chi connectivity index (χ1) is 11.2. The summed E-state index contributed by atoms with van der Waals surface area (Å²) in [5.41, 5.74) is 1.73. The number of rotatable bonds is 4. The molecule has 1 amide bonds. The smallest absolute Gasteiger partial charge is 0.224 e. The summed E-state index contributed by atoms with van der Waals surface area (Å²) in [6.07, 6.45) is 7.59. The number of hydrogen-bond donors (Lipinski definition) is 1. The quantitative estimate of drug-likeness (QED) is 0.943. The largest absolute Gasteiger partial charge is 0.325 e. The van der Waals surface area contributed by atoms with Crippen LogP contribution in [0.4, 0.5) is 5.69 Å². The van der Waals surface area contributed by atoms with Gasteiger partial charge in [-0.2, -0.15) is 0 Å². The molecule has 2 aliphatic rings. The lowest BCUT2D eigenvalue weighted by Gasteiger charge is -2.21. The molecule has 2 saturated carbocycles. The van der Waals surface area contributed by atoms with Gasteiger partial charge in [0.2, 0.25) is 5.91 Å². The number of nitrogens with one attached hydrogen (secondary N) is 1. The van der Waals surface area contributed by atoms with Crippen LogP contribution < -0.4 is 5.32 Å². The number of hydrogen-bond acceptors (Lipinski definition) is 3. The second-order valence-electron chi connectivity index (χ2n) is 7.00. The van der Waals surface area contributed by atoms with Gasteiger partial charge >= 0.3 is 0 Å². The predicted octanol–water partition coefficient (Wildman–Crippen LogP) is 3.25. The number of amides is 1. The Hall–Kier alpha value is -2.17. The van der Waals surface area contributed by atoms with Gasteiger partial charge in [-0.05, 0) is 49.1 Å². The highest BCUT2D eigenvalue weighted by Crippen LogP contribution is 2.49. The fourth-order valence-electron chi connectivity index (χ4n) is 4.38. The van der Waals surface area contributed by atoms with E-state index in [1.165, 1.54) is 25.7 Å². The van der Waals surface area contributed by atoms with E-state index in [9.17, 15) is 4.79 Å². The minimum Gasteiger partial charge on any atom is -0.325 e. The molecule has 0 radical (unpaired) electrons. The molecule has 1 heterocycles. The van der Waals surface area contributed by atoms with Crippen LogP contribution in [0.15, 0.2) is 30.6 Å². The summed E-state index contributed by atoms with van der Waals surface area (Å²) >= 11 is 0. The molecule has 120 valence electrons. The minimum atomic E-state index is 0.122. The molecule has 2 aromatic rings. The van der Waals surface area contributed by atoms with E-state index >= 15 is 0 Å². The number of carbonyl (C=O) groups is 1. The fourth-order valence-corrected chi connectivity index (χ4v) is 4.38. The molecule has 1 aromatic carbocycles. The summed E-state index contributed by atoms with van der Waals surface area (Å²) in [6.45, 7) is 0. The van der Waals surface area contributed by atoms with Crippen molar-refractivity contribution < 1.29 is 4.79 Å². The zero-order valence-corrected chi connectivity index (χ0v) is 13.4. The lowest BCUT2D eigenvalue weighted by molar-refractivity contribution is -0.117. The zero-order valence-electron chi connectivity index (χ0n) is 13.4. The third kappa shape index (κ3) is 2.76. The molecular weight excluding hydrogens is 288 g/mol. The number of carbonyl (C=O) groups excluding carboxylic acids is 1. The minimum absolute atomic E-state index is 0.122. The summed E-state index contributed by atoms with van der Waals surface area (Å²) in [5.74, 6) is 3.12. The van der Waals surface area contributed by atoms with Gasteiger partial charge in [0.25, 0.3) is 0 Å². The first-order valence-electron chi connectivity index (χ1n) is 8.44. The molecule has 2 fully saturated rings. The van der Waals surface area contributed by atoms with E-state index in [4.69, 9.17) is 0 Å². The monoisotopic (exact) mass is 310 g/mol. The summed E-state index contributed by atoms with van der Waals surface area (Å²) in [4.78, 5) is 12.5. The Morgan fingerprint density at radius 2 is 2.17 bits per heavy atom. The van der Waals surface area contributed by atoms with Gasteiger partial charge in [-0.1, -0.05) is 18.6 Å². The van der Waals surface area contributed by atoms with Crippen molar-refractivity contribution in [2.24, 2.45) is 24.8 Å². The van der Waals surface area contributed by atoms with Gasteiger partial charge in [0, 0.05) is 19.0 Å². The van der Waals surface area contributed by atoms with Gasteiger partial charge in [0.1, 0.15) is 6.33 Å². The molecule has 3 atom stereocenters. The number of fused-ring (bicyclic) bond motifs is 2. The van der Waals surface area contributed by atoms with Crippen molar-refractivity contribution in [3.8, 4) is 11.4 Å². The van der Waals surface area contributed by atoms with Crippen molar-refractivity contribution in [3.63, 3.8) is 0 Å². The Bertz CT molecular complexity index is 723. The highest BCUT2D eigenvalue weighted by atomic mass is 16.1. The standard InChI is InChI=1S/C18H22N4O/c1-22-11-19-21-18(22)15-4-2-3-5-16(15)20-17(23)10-14-9-12-6-7-13(14)8-12/h2-5,11-14H,6-10H2,1H3,(H,20,23)/t12-,13-,14+/m0/s1. The van der Waals surface area contributed by atoms with Crippen LogP contribution in [0.5, 0.6) is 0 Å². The van der Waals surface area contributed by atoms with Crippen LogP contribution in [-0.2, 0) is 11.8 Å². The molecule has 1 N–H and O–H groups in total. The van der Waals surface area contributed by atoms with E-state index in [0.29, 0.717) is 12.3 Å². The number of aryl methyl sites for hydroxylation is 1. The van der Waals surface area contributed by atoms with Gasteiger partial charge in [0.05, 0.1) is 5.69 Å². The number of benzene rings is 1. The van der Waals surface area contributed by atoms with Crippen molar-refractivity contribution in [2.45, 2.75) is 32.1 Å². The maximum Gasteiger partial charge on any atom is 0.224 e. The van der Waals surface area contributed by atoms with E-state index in [2.05, 4.69) is 15.5 Å². The van der Waals surface area contributed by atoms with Crippen molar-refractivity contribution in [1.82, 2.24) is 14.8 Å². The number of nitrogens with zero attached hydrogens (tertiary/aromatic N) is 3. The normalized spacial score (nSPS) is 25.7. The van der Waals surface area contributed by atoms with E-state index in [1.54, 1.807) is 6.33 Å². The number of anilines is 1. The zero-order chi connectivity index (χ0) is 15.8. The van der Waals surface area contributed by atoms with E-state index < -0.39 is 0 Å². The maximum atomic E-state index is 12.5. The summed E-state index contributed by atoms with van der Waals surface area (Å²) in [7, 11) is 1.91. The van der Waals surface area contributed by atoms with Gasteiger partial charge < -0.3 is 9.88 Å². The first-order valence-corrected chi connectivity index (χ1v) is 8.44. The molecule has 5 heteroatoms. The highest BCUT2D eigenvalue weighted by Gasteiger charge is 2.40. The van der Waals surface area contributed by atoms with Gasteiger partial charge in [-0.15, -0.1) is 10.2 Å². The molecule has 0 spiro atoms. The SMILES string of the molecule is Cn1cnnc1-c1ccccc1NC(=O)C[C@H]1C[C@H]2CC[C@H]1C2. The Labute approximate surface area is 136 Å². The second-order valence-corrected chi connectivity index (χ2v) is 7.00. The lowest BCUT2D eigenvalue weighted by Crippen LogP contribution is -2.20. The summed E-state index contributed by atoms with van der Waals surface area (Å²) in [6, 6.07) is 7.79. The third-order valence-corrected chi connectivity index (χ3v) is 5.49. The van der Waals surface area contributed by atoms with Crippen LogP contribution in [0.2, 0.25) is 0 Å². The Morgan fingerprint density at radius 3 is 2.87 bits per heavy atom. The van der Waals surface area contributed by atoms with Gasteiger partial charge in [-0.25, -0.2) is 0 Å². The molecule has 4 rings (SSSR count). The summed E-state index contributed by atoms with van der Waals surface area (Å²) in [5, 5.41) is 11.2. The Kier molecular flexibility index (Phi) is 3.63. The average Bonchev–Trinajstić information content (AvgIpc) is 3.24. The molecule has 0 aliphatic heterocycles. The van der Waals surface area contributed by atoms with Crippen molar-refractivity contribution in [2.75, 3.05) is 5.32 Å². The molecular formula is C18H22N4O. The van der Waals surface area contributed by atoms with Crippen LogP contribution in [0.25, 0.3) is 11.4 Å². The molecule has 0 saturated heterocycles. The van der Waals surface area contributed by atoms with Crippen molar-refractivity contribution in [3.05, 3.63) is 30.6 Å². The second kappa shape index (κ2) is 5.80. The maximum absolute atomic E-state index is 12.5. The highest BCUT2D eigenvalue weighted by molar-refractivity contribution is 5.94. The van der Waals surface area contributed by atoms with Gasteiger partial charge in [-0.3, -0.25) is 4.79 Å². The summed E-state index contributed by atoms with van der Waals surface area (Å²) < 4.78 is 1.86. The topological polar surface area (TPSA) is 59.8 Å². The third-order valence-electron chi connectivity index (χ3n) is 5.49. The van der Waals surface area contributed by atoms with Crippen LogP contribution in [0.1, 0.15) is 32.1 Å². The Balaban J connectivity index is 1.49. The average molecular weight is 310 g/mol. The van der Waals surface area contributed by atoms with Crippen LogP contribution in [-0.4, -0.2) is 20.7 Å². The van der Waals surface area contributed by atoms with E-state index in [-0.39, 0.29) is 5.91 Å².